The molecule has 0 unspecified atom stereocenters. The van der Waals surface area contributed by atoms with Crippen molar-refractivity contribution in [1.82, 2.24) is 10.3 Å². The third kappa shape index (κ3) is 3.94. The molecule has 0 aliphatic carbocycles. The Morgan fingerprint density at radius 2 is 2.04 bits per heavy atom. The standard InChI is InChI=1S/C18H17FN2O2/c19-15-4-2-1-3-14(15)6-8-18(22)20-10-9-13-5-7-17-16(11-13)21-12-23-17/h1-5,7,11-12H,6,8-10H2,(H,20,22). The molecule has 0 bridgehead atoms. The second kappa shape index (κ2) is 7.05. The first kappa shape index (κ1) is 15.2. The van der Waals surface area contributed by atoms with Gasteiger partial charge in [0.25, 0.3) is 0 Å². The minimum Gasteiger partial charge on any atom is -0.443 e. The van der Waals surface area contributed by atoms with Gasteiger partial charge in [-0.1, -0.05) is 24.3 Å². The molecule has 3 aromatic rings. The number of hydrogen-bond acceptors (Lipinski definition) is 3. The molecule has 3 rings (SSSR count). The normalized spacial score (nSPS) is 10.8. The second-order valence-electron chi connectivity index (χ2n) is 5.35. The van der Waals surface area contributed by atoms with E-state index in [1.54, 1.807) is 18.2 Å². The summed E-state index contributed by atoms with van der Waals surface area (Å²) in [6.45, 7) is 0.541. The Balaban J connectivity index is 1.44. The number of aromatic nitrogens is 1. The first-order valence-corrected chi connectivity index (χ1v) is 7.54. The van der Waals surface area contributed by atoms with E-state index in [9.17, 15) is 9.18 Å². The minimum absolute atomic E-state index is 0.0734. The Bertz CT molecular complexity index is 813. The molecule has 4 nitrogen and oxygen atoms in total. The van der Waals surface area contributed by atoms with Crippen LogP contribution in [0.5, 0.6) is 0 Å². The summed E-state index contributed by atoms with van der Waals surface area (Å²) in [5, 5.41) is 2.86. The zero-order chi connectivity index (χ0) is 16.1. The van der Waals surface area contributed by atoms with E-state index in [-0.39, 0.29) is 18.1 Å². The molecule has 0 radical (unpaired) electrons. The molecule has 0 fully saturated rings. The maximum absolute atomic E-state index is 13.5. The lowest BCUT2D eigenvalue weighted by Gasteiger charge is -2.06. The van der Waals surface area contributed by atoms with Gasteiger partial charge in [-0.2, -0.15) is 0 Å². The summed E-state index contributed by atoms with van der Waals surface area (Å²) in [7, 11) is 0. The highest BCUT2D eigenvalue weighted by Crippen LogP contribution is 2.14. The lowest BCUT2D eigenvalue weighted by Crippen LogP contribution is -2.25. The predicted octanol–water partition coefficient (Wildman–Crippen LogP) is 3.26. The van der Waals surface area contributed by atoms with Crippen molar-refractivity contribution in [3.8, 4) is 0 Å². The average molecular weight is 312 g/mol. The van der Waals surface area contributed by atoms with Gasteiger partial charge < -0.3 is 9.73 Å². The van der Waals surface area contributed by atoms with Crippen LogP contribution in [-0.4, -0.2) is 17.4 Å². The van der Waals surface area contributed by atoms with E-state index in [1.807, 2.05) is 18.2 Å². The van der Waals surface area contributed by atoms with Crippen LogP contribution in [-0.2, 0) is 17.6 Å². The Morgan fingerprint density at radius 3 is 2.91 bits per heavy atom. The fraction of sp³-hybridized carbons (Fsp3) is 0.222. The molecule has 0 saturated carbocycles. The monoisotopic (exact) mass is 312 g/mol. The van der Waals surface area contributed by atoms with Gasteiger partial charge >= 0.3 is 0 Å². The molecule has 2 aromatic carbocycles. The van der Waals surface area contributed by atoms with Crippen LogP contribution in [0.1, 0.15) is 17.5 Å². The fourth-order valence-electron chi connectivity index (χ4n) is 2.44. The van der Waals surface area contributed by atoms with Crippen LogP contribution < -0.4 is 5.32 Å². The van der Waals surface area contributed by atoms with Gasteiger partial charge in [0.2, 0.25) is 5.91 Å². The van der Waals surface area contributed by atoms with Crippen molar-refractivity contribution in [2.24, 2.45) is 0 Å². The van der Waals surface area contributed by atoms with E-state index < -0.39 is 0 Å². The Hall–Kier alpha value is -2.69. The smallest absolute Gasteiger partial charge is 0.220 e. The van der Waals surface area contributed by atoms with E-state index in [0.717, 1.165) is 16.7 Å². The SMILES string of the molecule is O=C(CCc1ccccc1F)NCCc1ccc2ocnc2c1. The van der Waals surface area contributed by atoms with Crippen LogP contribution in [0.2, 0.25) is 0 Å². The summed E-state index contributed by atoms with van der Waals surface area (Å²) in [4.78, 5) is 15.9. The summed E-state index contributed by atoms with van der Waals surface area (Å²) in [5.74, 6) is -0.336. The summed E-state index contributed by atoms with van der Waals surface area (Å²) in [6.07, 6.45) is 2.82. The first-order valence-electron chi connectivity index (χ1n) is 7.54. The van der Waals surface area contributed by atoms with Crippen LogP contribution in [0, 0.1) is 5.82 Å². The van der Waals surface area contributed by atoms with E-state index in [0.29, 0.717) is 24.9 Å². The molecule has 0 spiro atoms. The predicted molar refractivity (Wildman–Crippen MR) is 85.4 cm³/mol. The molecular weight excluding hydrogens is 295 g/mol. The zero-order valence-electron chi connectivity index (χ0n) is 12.6. The number of rotatable bonds is 6. The molecule has 23 heavy (non-hydrogen) atoms. The van der Waals surface area contributed by atoms with Crippen LogP contribution in [0.15, 0.2) is 53.3 Å². The van der Waals surface area contributed by atoms with Crippen molar-refractivity contribution in [3.05, 3.63) is 65.8 Å². The molecule has 0 saturated heterocycles. The number of nitrogens with one attached hydrogen (secondary N) is 1. The third-order valence-corrected chi connectivity index (χ3v) is 3.71. The second-order valence-corrected chi connectivity index (χ2v) is 5.35. The Kier molecular flexibility index (Phi) is 4.66. The van der Waals surface area contributed by atoms with Gasteiger partial charge in [0, 0.05) is 13.0 Å². The van der Waals surface area contributed by atoms with Gasteiger partial charge in [-0.05, 0) is 42.2 Å². The number of aryl methyl sites for hydroxylation is 1. The summed E-state index contributed by atoms with van der Waals surface area (Å²) < 4.78 is 18.7. The quantitative estimate of drug-likeness (QED) is 0.760. The zero-order valence-corrected chi connectivity index (χ0v) is 12.6. The minimum atomic E-state index is -0.263. The average Bonchev–Trinajstić information content (AvgIpc) is 3.02. The molecule has 0 atom stereocenters. The van der Waals surface area contributed by atoms with Gasteiger partial charge in [-0.3, -0.25) is 4.79 Å². The van der Waals surface area contributed by atoms with E-state index in [1.165, 1.54) is 12.5 Å². The van der Waals surface area contributed by atoms with Gasteiger partial charge in [-0.15, -0.1) is 0 Å². The number of carbonyl (C=O) groups is 1. The van der Waals surface area contributed by atoms with Crippen LogP contribution in [0.3, 0.4) is 0 Å². The lowest BCUT2D eigenvalue weighted by atomic mass is 10.1. The van der Waals surface area contributed by atoms with Crippen molar-refractivity contribution in [1.29, 1.82) is 0 Å². The van der Waals surface area contributed by atoms with Crippen molar-refractivity contribution in [2.75, 3.05) is 6.54 Å². The third-order valence-electron chi connectivity index (χ3n) is 3.71. The molecule has 1 amide bonds. The number of halogens is 1. The number of oxazole rings is 1. The van der Waals surface area contributed by atoms with Crippen molar-refractivity contribution in [3.63, 3.8) is 0 Å². The highest BCUT2D eigenvalue weighted by molar-refractivity contribution is 5.76. The van der Waals surface area contributed by atoms with Crippen molar-refractivity contribution in [2.45, 2.75) is 19.3 Å². The molecule has 0 aliphatic heterocycles. The molecule has 118 valence electrons. The van der Waals surface area contributed by atoms with Crippen molar-refractivity contribution < 1.29 is 13.6 Å². The van der Waals surface area contributed by atoms with Crippen LogP contribution in [0.25, 0.3) is 11.1 Å². The van der Waals surface area contributed by atoms with E-state index >= 15 is 0 Å². The highest BCUT2D eigenvalue weighted by Gasteiger charge is 2.06. The molecule has 1 aromatic heterocycles. The maximum atomic E-state index is 13.5. The molecule has 1 heterocycles. The van der Waals surface area contributed by atoms with E-state index in [2.05, 4.69) is 10.3 Å². The number of benzene rings is 2. The van der Waals surface area contributed by atoms with Crippen LogP contribution >= 0.6 is 0 Å². The number of fused-ring (bicyclic) bond motifs is 1. The molecular formula is C18H17FN2O2. The Labute approximate surface area is 133 Å². The topological polar surface area (TPSA) is 55.1 Å². The summed E-state index contributed by atoms with van der Waals surface area (Å²) in [6, 6.07) is 12.3. The largest absolute Gasteiger partial charge is 0.443 e. The maximum Gasteiger partial charge on any atom is 0.220 e. The van der Waals surface area contributed by atoms with Crippen molar-refractivity contribution >= 4 is 17.0 Å². The first-order chi connectivity index (χ1) is 11.2. The number of hydrogen-bond donors (Lipinski definition) is 1. The molecule has 0 aliphatic rings. The highest BCUT2D eigenvalue weighted by atomic mass is 19.1. The lowest BCUT2D eigenvalue weighted by molar-refractivity contribution is -0.121. The summed E-state index contributed by atoms with van der Waals surface area (Å²) in [5.41, 5.74) is 3.22. The summed E-state index contributed by atoms with van der Waals surface area (Å²) >= 11 is 0. The van der Waals surface area contributed by atoms with Gasteiger partial charge in [0.15, 0.2) is 12.0 Å². The van der Waals surface area contributed by atoms with Gasteiger partial charge in [0.05, 0.1) is 0 Å². The number of amides is 1. The number of nitrogens with zero attached hydrogens (tertiary/aromatic N) is 1. The van der Waals surface area contributed by atoms with Gasteiger partial charge in [0.1, 0.15) is 11.3 Å². The van der Waals surface area contributed by atoms with Crippen LogP contribution in [0.4, 0.5) is 4.39 Å². The molecule has 1 N–H and O–H groups in total. The van der Waals surface area contributed by atoms with Gasteiger partial charge in [-0.25, -0.2) is 9.37 Å². The Morgan fingerprint density at radius 1 is 1.17 bits per heavy atom. The number of carbonyl (C=O) groups excluding carboxylic acids is 1. The molecule has 5 heteroatoms. The fourth-order valence-corrected chi connectivity index (χ4v) is 2.44. The van der Waals surface area contributed by atoms with E-state index in [4.69, 9.17) is 4.42 Å².